The molecule has 13 heavy (non-hydrogen) atoms. The van der Waals surface area contributed by atoms with Gasteiger partial charge in [0.2, 0.25) is 0 Å². The van der Waals surface area contributed by atoms with Crippen molar-refractivity contribution in [3.05, 3.63) is 0 Å². The molecule has 0 aliphatic rings. The normalized spacial score (nSPS) is 17.9. The Morgan fingerprint density at radius 3 is 2.15 bits per heavy atom. The van der Waals surface area contributed by atoms with E-state index in [4.69, 9.17) is 20.4 Å². The van der Waals surface area contributed by atoms with Crippen molar-refractivity contribution < 1.29 is 25.2 Å². The van der Waals surface area contributed by atoms with Gasteiger partial charge < -0.3 is 25.7 Å². The maximum absolute atomic E-state index is 11.2. The minimum Gasteiger partial charge on any atom is -0.394 e. The molecule has 3 unspecified atom stereocenters. The van der Waals surface area contributed by atoms with Crippen LogP contribution in [0.2, 0.25) is 0 Å². The first-order valence-electron chi connectivity index (χ1n) is 3.87. The number of hydrogen-bond donors (Lipinski definition) is 5. The van der Waals surface area contributed by atoms with Gasteiger partial charge in [0.1, 0.15) is 12.2 Å². The lowest BCUT2D eigenvalue weighted by atomic mass is 10.0. The lowest BCUT2D eigenvalue weighted by molar-refractivity contribution is -0.137. The van der Waals surface area contributed by atoms with Gasteiger partial charge in [-0.25, -0.2) is 0 Å². The summed E-state index contributed by atoms with van der Waals surface area (Å²) in [4.78, 5) is 11.2. The predicted octanol–water partition coefficient (Wildman–Crippen LogP) is -3.15. The fraction of sp³-hybridized carbons (Fsp3) is 0.857. The van der Waals surface area contributed by atoms with Crippen LogP contribution in [0.5, 0.6) is 0 Å². The van der Waals surface area contributed by atoms with E-state index in [1.54, 1.807) is 0 Å². The van der Waals surface area contributed by atoms with Gasteiger partial charge in [0, 0.05) is 0 Å². The van der Waals surface area contributed by atoms with E-state index in [0.717, 1.165) is 0 Å². The van der Waals surface area contributed by atoms with E-state index >= 15 is 0 Å². The van der Waals surface area contributed by atoms with Crippen LogP contribution < -0.4 is 5.32 Å². The Bertz CT molecular complexity index is 159. The van der Waals surface area contributed by atoms with Crippen LogP contribution in [0.1, 0.15) is 0 Å². The van der Waals surface area contributed by atoms with Crippen LogP contribution in [-0.4, -0.2) is 64.7 Å². The van der Waals surface area contributed by atoms with Gasteiger partial charge in [0.25, 0.3) is 0 Å². The average Bonchev–Trinajstić information content (AvgIpc) is 2.17. The van der Waals surface area contributed by atoms with Gasteiger partial charge in [-0.3, -0.25) is 4.79 Å². The lowest BCUT2D eigenvalue weighted by Crippen LogP contribution is -2.48. The highest BCUT2D eigenvalue weighted by molar-refractivity contribution is 5.88. The SMILES string of the molecule is CNC(CO)C(=O)C(O)C(O)CO. The zero-order valence-corrected chi connectivity index (χ0v) is 7.34. The lowest BCUT2D eigenvalue weighted by Gasteiger charge is -2.19. The molecule has 0 amide bonds. The maximum atomic E-state index is 11.2. The van der Waals surface area contributed by atoms with E-state index in [2.05, 4.69) is 5.32 Å². The van der Waals surface area contributed by atoms with Gasteiger partial charge in [0.05, 0.1) is 19.3 Å². The Morgan fingerprint density at radius 1 is 1.31 bits per heavy atom. The average molecular weight is 193 g/mol. The van der Waals surface area contributed by atoms with Gasteiger partial charge in [-0.2, -0.15) is 0 Å². The van der Waals surface area contributed by atoms with E-state index in [9.17, 15) is 4.79 Å². The van der Waals surface area contributed by atoms with Crippen LogP contribution in [0.3, 0.4) is 0 Å². The number of hydrogen-bond acceptors (Lipinski definition) is 6. The van der Waals surface area contributed by atoms with Crippen molar-refractivity contribution in [2.45, 2.75) is 18.2 Å². The number of ketones is 1. The molecule has 0 aliphatic heterocycles. The van der Waals surface area contributed by atoms with Crippen molar-refractivity contribution in [1.82, 2.24) is 5.32 Å². The van der Waals surface area contributed by atoms with Crippen LogP contribution in [-0.2, 0) is 4.79 Å². The molecule has 78 valence electrons. The Hall–Kier alpha value is -0.530. The molecular weight excluding hydrogens is 178 g/mol. The molecule has 5 N–H and O–H groups in total. The summed E-state index contributed by atoms with van der Waals surface area (Å²) in [5.74, 6) is -0.744. The van der Waals surface area contributed by atoms with Crippen molar-refractivity contribution in [3.63, 3.8) is 0 Å². The van der Waals surface area contributed by atoms with E-state index in [1.165, 1.54) is 7.05 Å². The first kappa shape index (κ1) is 12.5. The van der Waals surface area contributed by atoms with Gasteiger partial charge in [-0.1, -0.05) is 0 Å². The van der Waals surface area contributed by atoms with E-state index < -0.39 is 37.2 Å². The van der Waals surface area contributed by atoms with Crippen LogP contribution >= 0.6 is 0 Å². The summed E-state index contributed by atoms with van der Waals surface area (Å²) in [6, 6.07) is -0.920. The second-order valence-corrected chi connectivity index (χ2v) is 2.62. The number of carbonyl (C=O) groups excluding carboxylic acids is 1. The molecular formula is C7H15NO5. The largest absolute Gasteiger partial charge is 0.394 e. The third-order valence-electron chi connectivity index (χ3n) is 1.72. The molecule has 6 nitrogen and oxygen atoms in total. The first-order chi connectivity index (χ1) is 6.08. The number of nitrogens with one attached hydrogen (secondary N) is 1. The Balaban J connectivity index is 4.22. The molecule has 0 aromatic carbocycles. The van der Waals surface area contributed by atoms with Crippen molar-refractivity contribution >= 4 is 5.78 Å². The molecule has 0 radical (unpaired) electrons. The summed E-state index contributed by atoms with van der Waals surface area (Å²) in [6.07, 6.45) is -3.18. The fourth-order valence-corrected chi connectivity index (χ4v) is 0.819. The third-order valence-corrected chi connectivity index (χ3v) is 1.72. The quantitative estimate of drug-likeness (QED) is 0.305. The predicted molar refractivity (Wildman–Crippen MR) is 44.0 cm³/mol. The highest BCUT2D eigenvalue weighted by atomic mass is 16.4. The summed E-state index contributed by atoms with van der Waals surface area (Å²) >= 11 is 0. The van der Waals surface area contributed by atoms with Crippen molar-refractivity contribution in [3.8, 4) is 0 Å². The Labute approximate surface area is 75.8 Å². The molecule has 0 saturated heterocycles. The number of aliphatic hydroxyl groups is 4. The van der Waals surface area contributed by atoms with Crippen molar-refractivity contribution in [1.29, 1.82) is 0 Å². The smallest absolute Gasteiger partial charge is 0.183 e. The van der Waals surface area contributed by atoms with Crippen molar-refractivity contribution in [2.75, 3.05) is 20.3 Å². The minimum absolute atomic E-state index is 0.468. The van der Waals surface area contributed by atoms with E-state index in [0.29, 0.717) is 0 Å². The van der Waals surface area contributed by atoms with Crippen LogP contribution in [0.15, 0.2) is 0 Å². The Morgan fingerprint density at radius 2 is 1.85 bits per heavy atom. The van der Waals surface area contributed by atoms with Crippen molar-refractivity contribution in [2.24, 2.45) is 0 Å². The zero-order valence-electron chi connectivity index (χ0n) is 7.34. The molecule has 0 aromatic heterocycles. The summed E-state index contributed by atoms with van der Waals surface area (Å²) in [5, 5.41) is 37.6. The summed E-state index contributed by atoms with van der Waals surface area (Å²) < 4.78 is 0. The number of rotatable bonds is 6. The highest BCUT2D eigenvalue weighted by Gasteiger charge is 2.28. The first-order valence-corrected chi connectivity index (χ1v) is 3.87. The van der Waals surface area contributed by atoms with Gasteiger partial charge in [0.15, 0.2) is 5.78 Å². The standard InChI is InChI=1S/C7H15NO5/c1-8-4(2-9)6(12)7(13)5(11)3-10/h4-5,7-11,13H,2-3H2,1H3. The molecule has 0 heterocycles. The highest BCUT2D eigenvalue weighted by Crippen LogP contribution is 1.98. The molecule has 3 atom stereocenters. The molecule has 6 heteroatoms. The molecule has 0 aliphatic carbocycles. The summed E-state index contributed by atoms with van der Waals surface area (Å²) in [7, 11) is 1.44. The van der Waals surface area contributed by atoms with Gasteiger partial charge in [-0.05, 0) is 7.05 Å². The van der Waals surface area contributed by atoms with E-state index in [1.807, 2.05) is 0 Å². The number of likely N-dealkylation sites (N-methyl/N-ethyl adjacent to an activating group) is 1. The topological polar surface area (TPSA) is 110 Å². The molecule has 0 aromatic rings. The number of Topliss-reactive ketones (excluding diaryl/α,β-unsaturated/α-hetero) is 1. The van der Waals surface area contributed by atoms with E-state index in [-0.39, 0.29) is 0 Å². The zero-order chi connectivity index (χ0) is 10.4. The number of aliphatic hydroxyl groups excluding tert-OH is 4. The third kappa shape index (κ3) is 3.37. The van der Waals surface area contributed by atoms with Crippen LogP contribution in [0, 0.1) is 0 Å². The maximum Gasteiger partial charge on any atom is 0.183 e. The van der Waals surface area contributed by atoms with Crippen LogP contribution in [0.4, 0.5) is 0 Å². The molecule has 0 fully saturated rings. The Kier molecular flexibility index (Phi) is 5.76. The monoisotopic (exact) mass is 193 g/mol. The van der Waals surface area contributed by atoms with Gasteiger partial charge in [-0.15, -0.1) is 0 Å². The molecule has 0 spiro atoms. The molecule has 0 rings (SSSR count). The molecule has 0 saturated carbocycles. The van der Waals surface area contributed by atoms with Gasteiger partial charge >= 0.3 is 0 Å². The second kappa shape index (κ2) is 6.01. The summed E-state index contributed by atoms with van der Waals surface area (Å²) in [6.45, 7) is -1.17. The fourth-order valence-electron chi connectivity index (χ4n) is 0.819. The number of carbonyl (C=O) groups is 1. The van der Waals surface area contributed by atoms with Crippen LogP contribution in [0.25, 0.3) is 0 Å². The second-order valence-electron chi connectivity index (χ2n) is 2.62. The molecule has 0 bridgehead atoms. The minimum atomic E-state index is -1.67. The summed E-state index contributed by atoms with van der Waals surface area (Å²) in [5.41, 5.74) is 0.